The largest absolute Gasteiger partial charge is 0.356 e. The Morgan fingerprint density at radius 2 is 1.81 bits per heavy atom. The van der Waals surface area contributed by atoms with Crippen LogP contribution in [-0.4, -0.2) is 36.9 Å². The molecule has 1 saturated heterocycles. The minimum absolute atomic E-state index is 0.00786. The summed E-state index contributed by atoms with van der Waals surface area (Å²) < 4.78 is 0. The van der Waals surface area contributed by atoms with Crippen molar-refractivity contribution in [2.45, 2.75) is 58.5 Å². The Labute approximate surface area is 187 Å². The Kier molecular flexibility index (Phi) is 7.72. The van der Waals surface area contributed by atoms with Crippen molar-refractivity contribution in [2.75, 3.05) is 20.1 Å². The van der Waals surface area contributed by atoms with Crippen LogP contribution in [0.2, 0.25) is 0 Å². The molecule has 1 fully saturated rings. The lowest BCUT2D eigenvalue weighted by Crippen LogP contribution is -2.43. The van der Waals surface area contributed by atoms with Crippen molar-refractivity contribution in [3.05, 3.63) is 70.8 Å². The van der Waals surface area contributed by atoms with Gasteiger partial charge in [-0.1, -0.05) is 69.3 Å². The summed E-state index contributed by atoms with van der Waals surface area (Å²) >= 11 is 0. The molecule has 0 radical (unpaired) electrons. The molecule has 1 amide bonds. The summed E-state index contributed by atoms with van der Waals surface area (Å²) in [4.78, 5) is 18.2. The van der Waals surface area contributed by atoms with Gasteiger partial charge < -0.3 is 15.5 Å². The molecule has 5 heteroatoms. The molecule has 2 aromatic carbocycles. The van der Waals surface area contributed by atoms with Crippen LogP contribution in [0.3, 0.4) is 0 Å². The molecule has 5 nitrogen and oxygen atoms in total. The lowest BCUT2D eigenvalue weighted by Gasteiger charge is -2.27. The number of nitrogens with one attached hydrogen (secondary N) is 2. The second-order valence-electron chi connectivity index (χ2n) is 8.95. The smallest absolute Gasteiger partial charge is 0.222 e. The first-order chi connectivity index (χ1) is 14.9. The van der Waals surface area contributed by atoms with Gasteiger partial charge in [-0.3, -0.25) is 9.79 Å². The number of carbonyl (C=O) groups is 1. The number of rotatable bonds is 8. The molecule has 3 rings (SSSR count). The van der Waals surface area contributed by atoms with Crippen LogP contribution in [-0.2, 0) is 29.7 Å². The van der Waals surface area contributed by atoms with Gasteiger partial charge in [0.25, 0.3) is 0 Å². The van der Waals surface area contributed by atoms with Crippen LogP contribution in [0.1, 0.15) is 55.9 Å². The molecule has 0 atom stereocenters. The van der Waals surface area contributed by atoms with Gasteiger partial charge in [0.05, 0.1) is 0 Å². The van der Waals surface area contributed by atoms with Crippen molar-refractivity contribution in [2.24, 2.45) is 4.99 Å². The summed E-state index contributed by atoms with van der Waals surface area (Å²) in [6.07, 6.45) is 2.72. The summed E-state index contributed by atoms with van der Waals surface area (Å²) in [7, 11) is 1.80. The number of guanidine groups is 1. The zero-order chi connectivity index (χ0) is 22.3. The molecule has 2 aromatic rings. The molecule has 2 N–H and O–H groups in total. The molecular weight excluding hydrogens is 384 g/mol. The number of benzene rings is 2. The van der Waals surface area contributed by atoms with Crippen molar-refractivity contribution >= 4 is 11.9 Å². The van der Waals surface area contributed by atoms with E-state index in [-0.39, 0.29) is 11.3 Å². The minimum atomic E-state index is -0.00786. The lowest BCUT2D eigenvalue weighted by atomic mass is 9.84. The first-order valence-corrected chi connectivity index (χ1v) is 11.3. The third-order valence-electron chi connectivity index (χ3n) is 6.06. The van der Waals surface area contributed by atoms with Crippen molar-refractivity contribution in [1.29, 1.82) is 0 Å². The summed E-state index contributed by atoms with van der Waals surface area (Å²) in [6, 6.07) is 17.3. The van der Waals surface area contributed by atoms with Gasteiger partial charge in [0.15, 0.2) is 5.96 Å². The fourth-order valence-electron chi connectivity index (χ4n) is 3.93. The van der Waals surface area contributed by atoms with Crippen LogP contribution in [0.4, 0.5) is 0 Å². The van der Waals surface area contributed by atoms with E-state index in [9.17, 15) is 4.79 Å². The topological polar surface area (TPSA) is 56.7 Å². The maximum absolute atomic E-state index is 11.9. The molecule has 166 valence electrons. The number of hydrogen-bond acceptors (Lipinski definition) is 2. The number of aliphatic imine (C=N–C) groups is 1. The molecular formula is C26H36N4O. The SMILES string of the molecule is CCc1ccc(C(C)(C)CNC(=NC)NCc2cccc(CN3CCCC3=O)c2)cc1. The second kappa shape index (κ2) is 10.5. The molecule has 0 unspecified atom stereocenters. The Bertz CT molecular complexity index is 902. The fourth-order valence-corrected chi connectivity index (χ4v) is 3.93. The van der Waals surface area contributed by atoms with Crippen LogP contribution in [0.5, 0.6) is 0 Å². The summed E-state index contributed by atoms with van der Waals surface area (Å²) in [5.41, 5.74) is 5.03. The van der Waals surface area contributed by atoms with Crippen molar-refractivity contribution in [3.63, 3.8) is 0 Å². The van der Waals surface area contributed by atoms with Crippen LogP contribution >= 0.6 is 0 Å². The van der Waals surface area contributed by atoms with Crippen molar-refractivity contribution in [3.8, 4) is 0 Å². The quantitative estimate of drug-likeness (QED) is 0.501. The predicted molar refractivity (Wildman–Crippen MR) is 128 cm³/mol. The van der Waals surface area contributed by atoms with Gasteiger partial charge in [0, 0.05) is 45.1 Å². The molecule has 0 aliphatic carbocycles. The average Bonchev–Trinajstić information content (AvgIpc) is 3.18. The van der Waals surface area contributed by atoms with Gasteiger partial charge in [-0.2, -0.15) is 0 Å². The summed E-state index contributed by atoms with van der Waals surface area (Å²) in [5, 5.41) is 6.89. The van der Waals surface area contributed by atoms with Crippen LogP contribution in [0.25, 0.3) is 0 Å². The van der Waals surface area contributed by atoms with Gasteiger partial charge in [0.1, 0.15) is 0 Å². The highest BCUT2D eigenvalue weighted by atomic mass is 16.2. The predicted octanol–water partition coefficient (Wildman–Crippen LogP) is 4.01. The first kappa shape index (κ1) is 22.9. The monoisotopic (exact) mass is 420 g/mol. The molecule has 0 aromatic heterocycles. The molecule has 0 saturated carbocycles. The van der Waals surface area contributed by atoms with Crippen molar-refractivity contribution in [1.82, 2.24) is 15.5 Å². The van der Waals surface area contributed by atoms with E-state index in [4.69, 9.17) is 0 Å². The van der Waals surface area contributed by atoms with Gasteiger partial charge in [-0.25, -0.2) is 0 Å². The Morgan fingerprint density at radius 1 is 1.06 bits per heavy atom. The van der Waals surface area contributed by atoms with E-state index in [1.165, 1.54) is 22.3 Å². The maximum atomic E-state index is 11.9. The minimum Gasteiger partial charge on any atom is -0.356 e. The van der Waals surface area contributed by atoms with Crippen LogP contribution < -0.4 is 10.6 Å². The number of hydrogen-bond donors (Lipinski definition) is 2. The Balaban J connectivity index is 1.53. The Hall–Kier alpha value is -2.82. The van der Waals surface area contributed by atoms with E-state index >= 15 is 0 Å². The lowest BCUT2D eigenvalue weighted by molar-refractivity contribution is -0.128. The summed E-state index contributed by atoms with van der Waals surface area (Å²) in [6.45, 7) is 9.72. The molecule has 0 bridgehead atoms. The number of likely N-dealkylation sites (tertiary alicyclic amines) is 1. The molecule has 31 heavy (non-hydrogen) atoms. The van der Waals surface area contributed by atoms with E-state index in [1.807, 2.05) is 4.90 Å². The third-order valence-corrected chi connectivity index (χ3v) is 6.06. The van der Waals surface area contributed by atoms with E-state index in [1.54, 1.807) is 7.05 Å². The Morgan fingerprint density at radius 3 is 2.45 bits per heavy atom. The average molecular weight is 421 g/mol. The zero-order valence-electron chi connectivity index (χ0n) is 19.4. The van der Waals surface area contributed by atoms with Gasteiger partial charge in [-0.15, -0.1) is 0 Å². The number of amides is 1. The van der Waals surface area contributed by atoms with Gasteiger partial charge in [-0.05, 0) is 35.1 Å². The maximum Gasteiger partial charge on any atom is 0.222 e. The molecule has 1 aliphatic heterocycles. The normalized spacial score (nSPS) is 14.8. The number of nitrogens with zero attached hydrogens (tertiary/aromatic N) is 2. The fraction of sp³-hybridized carbons (Fsp3) is 0.462. The van der Waals surface area contributed by atoms with Gasteiger partial charge in [0.2, 0.25) is 5.91 Å². The molecule has 1 heterocycles. The third kappa shape index (κ3) is 6.33. The van der Waals surface area contributed by atoms with Crippen LogP contribution in [0, 0.1) is 0 Å². The number of carbonyl (C=O) groups excluding carboxylic acids is 1. The zero-order valence-corrected chi connectivity index (χ0v) is 19.4. The summed E-state index contributed by atoms with van der Waals surface area (Å²) in [5.74, 6) is 1.05. The van der Waals surface area contributed by atoms with Crippen molar-refractivity contribution < 1.29 is 4.79 Å². The highest BCUT2D eigenvalue weighted by Gasteiger charge is 2.21. The second-order valence-corrected chi connectivity index (χ2v) is 8.95. The standard InChI is InChI=1S/C26H36N4O/c1-5-20-11-13-23(14-12-20)26(2,3)19-29-25(27-4)28-17-21-8-6-9-22(16-21)18-30-15-7-10-24(30)31/h6,8-9,11-14,16H,5,7,10,15,17-19H2,1-4H3,(H2,27,28,29). The highest BCUT2D eigenvalue weighted by Crippen LogP contribution is 2.23. The van der Waals surface area contributed by atoms with E-state index in [0.29, 0.717) is 19.5 Å². The molecule has 0 spiro atoms. The number of aryl methyl sites for hydroxylation is 1. The molecule has 1 aliphatic rings. The van der Waals surface area contributed by atoms with E-state index in [2.05, 4.69) is 84.9 Å². The van der Waals surface area contributed by atoms with E-state index in [0.717, 1.165) is 31.9 Å². The van der Waals surface area contributed by atoms with Gasteiger partial charge >= 0.3 is 0 Å². The van der Waals surface area contributed by atoms with Crippen LogP contribution in [0.15, 0.2) is 53.5 Å². The highest BCUT2D eigenvalue weighted by molar-refractivity contribution is 5.79. The first-order valence-electron chi connectivity index (χ1n) is 11.3. The van der Waals surface area contributed by atoms with E-state index < -0.39 is 0 Å².